The molecule has 1 amide bonds. The highest BCUT2D eigenvalue weighted by Gasteiger charge is 2.32. The lowest BCUT2D eigenvalue weighted by atomic mass is 10.1. The Morgan fingerprint density at radius 3 is 2.43 bits per heavy atom. The predicted octanol–water partition coefficient (Wildman–Crippen LogP) is 2.45. The van der Waals surface area contributed by atoms with Crippen LogP contribution in [-0.2, 0) is 33.7 Å². The van der Waals surface area contributed by atoms with Gasteiger partial charge in [0.15, 0.2) is 0 Å². The van der Waals surface area contributed by atoms with E-state index in [9.17, 15) is 17.4 Å². The summed E-state index contributed by atoms with van der Waals surface area (Å²) in [4.78, 5) is 15.6. The van der Waals surface area contributed by atoms with Crippen LogP contribution in [0.4, 0.5) is 0 Å². The zero-order valence-electron chi connectivity index (χ0n) is 17.0. The summed E-state index contributed by atoms with van der Waals surface area (Å²) in [7, 11) is -4.80. The maximum absolute atomic E-state index is 13.1. The highest BCUT2D eigenvalue weighted by atomic mass is 32.2. The monoisotopic (exact) mass is 446 g/mol. The van der Waals surface area contributed by atoms with Gasteiger partial charge in [-0.15, -0.1) is 0 Å². The molecule has 1 atom stereocenters. The van der Waals surface area contributed by atoms with Gasteiger partial charge in [-0.2, -0.15) is 4.31 Å². The molecule has 2 aromatic rings. The van der Waals surface area contributed by atoms with E-state index in [1.165, 1.54) is 9.87 Å². The quantitative estimate of drug-likeness (QED) is 0.707. The lowest BCUT2D eigenvalue weighted by molar-refractivity contribution is 0.0694. The molecule has 0 unspecified atom stereocenters. The van der Waals surface area contributed by atoms with Crippen LogP contribution in [0.3, 0.4) is 0 Å². The van der Waals surface area contributed by atoms with Crippen molar-refractivity contribution in [3.63, 3.8) is 0 Å². The average molecular weight is 447 g/mol. The van der Waals surface area contributed by atoms with E-state index in [0.29, 0.717) is 34.2 Å². The van der Waals surface area contributed by atoms with Crippen molar-refractivity contribution in [3.05, 3.63) is 59.2 Å². The number of aryl methyl sites for hydroxylation is 2. The number of carbonyl (C=O) groups excluding carboxylic acids is 1. The number of benzene rings is 2. The van der Waals surface area contributed by atoms with Crippen molar-refractivity contribution in [2.75, 3.05) is 31.9 Å². The minimum atomic E-state index is -3.58. The Bertz CT molecular complexity index is 1090. The molecule has 1 saturated heterocycles. The van der Waals surface area contributed by atoms with Crippen LogP contribution in [0.5, 0.6) is 0 Å². The molecule has 8 heteroatoms. The fraction of sp³-hybridized carbons (Fsp3) is 0.409. The smallest absolute Gasteiger partial charge is 0.255 e. The third-order valence-electron chi connectivity index (χ3n) is 5.86. The molecular formula is C22H26N2O4S2. The maximum Gasteiger partial charge on any atom is 0.255 e. The molecule has 0 spiro atoms. The van der Waals surface area contributed by atoms with Crippen LogP contribution in [0.15, 0.2) is 52.3 Å². The molecule has 1 heterocycles. The van der Waals surface area contributed by atoms with Crippen LogP contribution in [0.1, 0.15) is 34.8 Å². The summed E-state index contributed by atoms with van der Waals surface area (Å²) in [6.45, 7) is 2.96. The molecule has 2 aromatic carbocycles. The summed E-state index contributed by atoms with van der Waals surface area (Å²) < 4.78 is 40.0. The zero-order chi connectivity index (χ0) is 21.3. The number of nitrogens with zero attached hydrogens (tertiary/aromatic N) is 2. The molecule has 0 N–H and O–H groups in total. The van der Waals surface area contributed by atoms with Gasteiger partial charge in [-0.1, -0.05) is 25.1 Å². The number of hydrogen-bond acceptors (Lipinski definition) is 4. The van der Waals surface area contributed by atoms with E-state index >= 15 is 0 Å². The second kappa shape index (κ2) is 8.61. The minimum Gasteiger partial charge on any atom is -0.336 e. The van der Waals surface area contributed by atoms with Crippen molar-refractivity contribution in [1.29, 1.82) is 0 Å². The van der Waals surface area contributed by atoms with Gasteiger partial charge in [0.1, 0.15) is 0 Å². The van der Waals surface area contributed by atoms with E-state index in [1.54, 1.807) is 35.2 Å². The van der Waals surface area contributed by atoms with E-state index in [1.807, 2.05) is 19.1 Å². The Balaban J connectivity index is 1.48. The third-order valence-corrected chi connectivity index (χ3v) is 9.12. The van der Waals surface area contributed by atoms with Gasteiger partial charge >= 0.3 is 0 Å². The van der Waals surface area contributed by atoms with Gasteiger partial charge in [0.2, 0.25) is 10.0 Å². The van der Waals surface area contributed by atoms with Gasteiger partial charge < -0.3 is 4.90 Å². The third kappa shape index (κ3) is 3.96. The second-order valence-electron chi connectivity index (χ2n) is 7.61. The first-order chi connectivity index (χ1) is 14.4. The van der Waals surface area contributed by atoms with E-state index in [2.05, 4.69) is 0 Å². The van der Waals surface area contributed by atoms with E-state index in [4.69, 9.17) is 0 Å². The van der Waals surface area contributed by atoms with Crippen LogP contribution < -0.4 is 0 Å². The van der Waals surface area contributed by atoms with Crippen molar-refractivity contribution in [2.24, 2.45) is 0 Å². The van der Waals surface area contributed by atoms with E-state index < -0.39 is 20.8 Å². The van der Waals surface area contributed by atoms with Gasteiger partial charge in [0, 0.05) is 31.9 Å². The highest BCUT2D eigenvalue weighted by molar-refractivity contribution is 7.89. The number of carbonyl (C=O) groups is 1. The van der Waals surface area contributed by atoms with Gasteiger partial charge in [-0.25, -0.2) is 8.42 Å². The van der Waals surface area contributed by atoms with Gasteiger partial charge in [0.05, 0.1) is 26.2 Å². The SMILES string of the molecule is CC[S@@](=O)c1ccccc1C(=O)N1CCN(S(=O)(=O)c2ccc3c(c2)CCC3)CC1. The number of amides is 1. The summed E-state index contributed by atoms with van der Waals surface area (Å²) in [6, 6.07) is 12.4. The summed E-state index contributed by atoms with van der Waals surface area (Å²) in [5.41, 5.74) is 2.81. The summed E-state index contributed by atoms with van der Waals surface area (Å²) in [5.74, 6) is 0.249. The van der Waals surface area contributed by atoms with Gasteiger partial charge in [-0.3, -0.25) is 9.00 Å². The molecule has 0 bridgehead atoms. The minimum absolute atomic E-state index is 0.193. The molecule has 1 fully saturated rings. The Kier molecular flexibility index (Phi) is 6.09. The Morgan fingerprint density at radius 1 is 1.00 bits per heavy atom. The number of sulfonamides is 1. The number of fused-ring (bicyclic) bond motifs is 1. The maximum atomic E-state index is 13.1. The lowest BCUT2D eigenvalue weighted by Crippen LogP contribution is -2.50. The van der Waals surface area contributed by atoms with Crippen LogP contribution in [0.2, 0.25) is 0 Å². The fourth-order valence-electron chi connectivity index (χ4n) is 4.16. The number of hydrogen-bond donors (Lipinski definition) is 0. The van der Waals surface area contributed by atoms with Crippen molar-refractivity contribution in [1.82, 2.24) is 9.21 Å². The first-order valence-electron chi connectivity index (χ1n) is 10.3. The Hall–Kier alpha value is -2.03. The second-order valence-corrected chi connectivity index (χ2v) is 11.3. The molecule has 6 nitrogen and oxygen atoms in total. The van der Waals surface area contributed by atoms with Crippen LogP contribution in [0.25, 0.3) is 0 Å². The molecule has 0 aromatic heterocycles. The Morgan fingerprint density at radius 2 is 1.70 bits per heavy atom. The largest absolute Gasteiger partial charge is 0.336 e. The predicted molar refractivity (Wildman–Crippen MR) is 117 cm³/mol. The zero-order valence-corrected chi connectivity index (χ0v) is 18.7. The van der Waals surface area contributed by atoms with Crippen LogP contribution >= 0.6 is 0 Å². The topological polar surface area (TPSA) is 74.8 Å². The summed E-state index contributed by atoms with van der Waals surface area (Å²) in [6.07, 6.45) is 3.02. The van der Waals surface area contributed by atoms with E-state index in [0.717, 1.165) is 24.8 Å². The molecule has 30 heavy (non-hydrogen) atoms. The number of piperazine rings is 1. The average Bonchev–Trinajstić information content (AvgIpc) is 3.26. The van der Waals surface area contributed by atoms with Gasteiger partial charge in [-0.05, 0) is 54.7 Å². The molecule has 0 radical (unpaired) electrons. The molecule has 1 aliphatic heterocycles. The molecule has 4 rings (SSSR count). The van der Waals surface area contributed by atoms with E-state index in [-0.39, 0.29) is 19.0 Å². The standard InChI is InChI=1S/C22H26N2O4S2/c1-2-29(26)21-9-4-3-8-20(21)22(25)23-12-14-24(15-13-23)30(27,28)19-11-10-17-6-5-7-18(17)16-19/h3-4,8-11,16H,2,5-7,12-15H2,1H3/t29-/m1/s1. The fourth-order valence-corrected chi connectivity index (χ4v) is 6.57. The first-order valence-corrected chi connectivity index (χ1v) is 13.1. The van der Waals surface area contributed by atoms with Crippen molar-refractivity contribution in [3.8, 4) is 0 Å². The summed E-state index contributed by atoms with van der Waals surface area (Å²) in [5, 5.41) is 0. The molecular weight excluding hydrogens is 420 g/mol. The van der Waals surface area contributed by atoms with Crippen LogP contribution in [-0.4, -0.2) is 59.7 Å². The van der Waals surface area contributed by atoms with Crippen molar-refractivity contribution >= 4 is 26.7 Å². The number of rotatable bonds is 5. The molecule has 0 saturated carbocycles. The molecule has 2 aliphatic rings. The molecule has 1 aliphatic carbocycles. The van der Waals surface area contributed by atoms with Crippen LogP contribution in [0, 0.1) is 0 Å². The summed E-state index contributed by atoms with van der Waals surface area (Å²) >= 11 is 0. The lowest BCUT2D eigenvalue weighted by Gasteiger charge is -2.34. The van der Waals surface area contributed by atoms with Crippen molar-refractivity contribution in [2.45, 2.75) is 36.0 Å². The normalized spacial score (nSPS) is 18.2. The van der Waals surface area contributed by atoms with Gasteiger partial charge in [0.25, 0.3) is 5.91 Å². The Labute approximate surface area is 180 Å². The first kappa shape index (κ1) is 21.2. The highest BCUT2D eigenvalue weighted by Crippen LogP contribution is 2.27. The van der Waals surface area contributed by atoms with Crippen molar-refractivity contribution < 1.29 is 17.4 Å². The molecule has 160 valence electrons.